The molecule has 42 valence electrons. The van der Waals surface area contributed by atoms with Crippen molar-refractivity contribution in [2.45, 2.75) is 0 Å². The van der Waals surface area contributed by atoms with E-state index in [2.05, 4.69) is 15.4 Å². The Hall–Kier alpha value is -0.535. The van der Waals surface area contributed by atoms with Crippen molar-refractivity contribution in [1.82, 2.24) is 10.5 Å². The van der Waals surface area contributed by atoms with Crippen LogP contribution in [0.5, 0.6) is 0 Å². The van der Waals surface area contributed by atoms with Gasteiger partial charge in [-0.1, -0.05) is 0 Å². The van der Waals surface area contributed by atoms with E-state index in [1.165, 1.54) is 0 Å². The van der Waals surface area contributed by atoms with Gasteiger partial charge in [0.15, 0.2) is 13.3 Å². The van der Waals surface area contributed by atoms with Crippen LogP contribution in [0.2, 0.25) is 0 Å². The highest BCUT2D eigenvalue weighted by atomic mass is 15.1. The van der Waals surface area contributed by atoms with E-state index in [0.717, 1.165) is 13.3 Å². The summed E-state index contributed by atoms with van der Waals surface area (Å²) in [5.74, 6) is 0.840. The lowest BCUT2D eigenvalue weighted by Crippen LogP contribution is -2.37. The molecule has 0 aliphatic carbocycles. The van der Waals surface area contributed by atoms with Crippen molar-refractivity contribution in [1.29, 1.82) is 0 Å². The molecule has 0 rings (SSSR count). The quantitative estimate of drug-likeness (QED) is 0.209. The van der Waals surface area contributed by atoms with Gasteiger partial charge in [0, 0.05) is 7.05 Å². The Labute approximate surface area is 52.4 Å². The molecule has 0 spiro atoms. The molecule has 0 aromatic heterocycles. The lowest BCUT2D eigenvalue weighted by molar-refractivity contribution is 1.12. The standard InChI is InChI=1S/C2H10B3N3/c1-6-2(7-4)8-5-3/h5H,3-4H2,1H3,(H2,6,7,8). The highest BCUT2D eigenvalue weighted by Gasteiger charge is 1.85. The van der Waals surface area contributed by atoms with Crippen LogP contribution in [0.3, 0.4) is 0 Å². The van der Waals surface area contributed by atoms with Gasteiger partial charge in [-0.05, 0) is 0 Å². The van der Waals surface area contributed by atoms with Crippen LogP contribution in [0, 0.1) is 0 Å². The third-order valence-corrected chi connectivity index (χ3v) is 0.805. The zero-order valence-electron chi connectivity index (χ0n) is 5.65. The summed E-state index contributed by atoms with van der Waals surface area (Å²) < 4.78 is 0. The number of hydrogen-bond donors (Lipinski definition) is 2. The van der Waals surface area contributed by atoms with Crippen LogP contribution in [0.4, 0.5) is 0 Å². The first kappa shape index (κ1) is 7.46. The molecule has 0 aliphatic rings. The number of nitrogens with one attached hydrogen (secondary N) is 2. The molecule has 6 heteroatoms. The van der Waals surface area contributed by atoms with Crippen LogP contribution < -0.4 is 10.5 Å². The van der Waals surface area contributed by atoms with Gasteiger partial charge >= 0.3 is 0 Å². The van der Waals surface area contributed by atoms with Crippen molar-refractivity contribution < 1.29 is 0 Å². The van der Waals surface area contributed by atoms with Crippen molar-refractivity contribution in [3.63, 3.8) is 0 Å². The minimum absolute atomic E-state index is 0.840. The Morgan fingerprint density at radius 2 is 2.38 bits per heavy atom. The second kappa shape index (κ2) is 4.62. The summed E-state index contributed by atoms with van der Waals surface area (Å²) >= 11 is 0. The zero-order valence-corrected chi connectivity index (χ0v) is 5.65. The second-order valence-corrected chi connectivity index (χ2v) is 1.35. The Balaban J connectivity index is 3.38. The van der Waals surface area contributed by atoms with E-state index < -0.39 is 0 Å². The summed E-state index contributed by atoms with van der Waals surface area (Å²) in [7, 11) is 6.52. The molecule has 0 saturated heterocycles. The number of nitrogens with zero attached hydrogens (tertiary/aromatic N) is 1. The minimum Gasteiger partial charge on any atom is -0.412 e. The number of rotatable bonds is 1. The Kier molecular flexibility index (Phi) is 4.31. The van der Waals surface area contributed by atoms with Crippen molar-refractivity contribution in [3.05, 3.63) is 0 Å². The maximum Gasteiger partial charge on any atom is 0.249 e. The summed E-state index contributed by atoms with van der Waals surface area (Å²) in [6.07, 6.45) is 0. The largest absolute Gasteiger partial charge is 0.412 e. The summed E-state index contributed by atoms with van der Waals surface area (Å²) in [4.78, 5) is 3.89. The SMILES string of the molecule is BBNC(=NB)NC. The van der Waals surface area contributed by atoms with Gasteiger partial charge in [0.25, 0.3) is 0 Å². The minimum atomic E-state index is 0.840. The van der Waals surface area contributed by atoms with E-state index in [4.69, 9.17) is 0 Å². The average molecular weight is 109 g/mol. The van der Waals surface area contributed by atoms with E-state index >= 15 is 0 Å². The van der Waals surface area contributed by atoms with Crippen LogP contribution in [-0.2, 0) is 0 Å². The maximum absolute atomic E-state index is 3.89. The molecular formula is C2H10B3N3. The Morgan fingerprint density at radius 1 is 1.75 bits per heavy atom. The van der Waals surface area contributed by atoms with Crippen LogP contribution in [0.15, 0.2) is 4.90 Å². The fourth-order valence-corrected chi connectivity index (χ4v) is 0.447. The van der Waals surface area contributed by atoms with Gasteiger partial charge < -0.3 is 15.4 Å². The fourth-order valence-electron chi connectivity index (χ4n) is 0.447. The molecule has 2 N–H and O–H groups in total. The first-order valence-corrected chi connectivity index (χ1v) is 2.73. The lowest BCUT2D eigenvalue weighted by Gasteiger charge is -2.03. The molecule has 8 heavy (non-hydrogen) atoms. The summed E-state index contributed by atoms with van der Waals surface area (Å²) in [6.45, 7) is 0. The number of hydrogen-bond acceptors (Lipinski definition) is 1. The van der Waals surface area contributed by atoms with Crippen molar-refractivity contribution >= 4 is 29.0 Å². The molecule has 0 atom stereocenters. The Morgan fingerprint density at radius 3 is 2.50 bits per heavy atom. The van der Waals surface area contributed by atoms with Crippen molar-refractivity contribution in [2.75, 3.05) is 7.05 Å². The van der Waals surface area contributed by atoms with Gasteiger partial charge in [0.1, 0.15) is 0 Å². The van der Waals surface area contributed by atoms with Crippen LogP contribution in [0.1, 0.15) is 0 Å². The highest BCUT2D eigenvalue weighted by Crippen LogP contribution is 1.55. The summed E-state index contributed by atoms with van der Waals surface area (Å²) in [6, 6.07) is 0. The van der Waals surface area contributed by atoms with Gasteiger partial charge in [-0.25, -0.2) is 0 Å². The molecule has 0 saturated carbocycles. The molecule has 3 nitrogen and oxygen atoms in total. The van der Waals surface area contributed by atoms with E-state index in [-0.39, 0.29) is 0 Å². The van der Waals surface area contributed by atoms with E-state index in [0.29, 0.717) is 0 Å². The van der Waals surface area contributed by atoms with E-state index in [1.807, 2.05) is 14.8 Å². The molecule has 0 bridgehead atoms. The Bertz CT molecular complexity index is 82.6. The normalized spacial score (nSPS) is 10.4. The average Bonchev–Trinajstić information content (AvgIpc) is 1.83. The van der Waals surface area contributed by atoms with Gasteiger partial charge in [-0.3, -0.25) is 0 Å². The fraction of sp³-hybridized carbons (Fsp3) is 0.500. The first-order valence-electron chi connectivity index (χ1n) is 2.73. The molecular weight excluding hydrogens is 98.5 g/mol. The molecule has 0 unspecified atom stereocenters. The smallest absolute Gasteiger partial charge is 0.249 e. The third-order valence-electron chi connectivity index (χ3n) is 0.805. The van der Waals surface area contributed by atoms with Gasteiger partial charge in [-0.2, -0.15) is 0 Å². The molecule has 0 radical (unpaired) electrons. The number of guanidine groups is 1. The monoisotopic (exact) mass is 109 g/mol. The molecule has 0 heterocycles. The van der Waals surface area contributed by atoms with Crippen molar-refractivity contribution in [3.8, 4) is 0 Å². The summed E-state index contributed by atoms with van der Waals surface area (Å²) in [5, 5.41) is 5.91. The van der Waals surface area contributed by atoms with Crippen LogP contribution in [0.25, 0.3) is 0 Å². The molecule has 0 aromatic rings. The predicted molar refractivity (Wildman–Crippen MR) is 43.9 cm³/mol. The molecule has 0 amide bonds. The lowest BCUT2D eigenvalue weighted by atomic mass is 9.67. The molecule has 0 aromatic carbocycles. The van der Waals surface area contributed by atoms with Gasteiger partial charge in [-0.15, -0.1) is 0 Å². The second-order valence-electron chi connectivity index (χ2n) is 1.35. The zero-order chi connectivity index (χ0) is 6.41. The highest BCUT2D eigenvalue weighted by molar-refractivity contribution is 6.89. The van der Waals surface area contributed by atoms with Gasteiger partial charge in [0.2, 0.25) is 7.98 Å². The molecule has 0 fully saturated rings. The predicted octanol–water partition coefficient (Wildman–Crippen LogP) is -3.40. The maximum atomic E-state index is 3.89. The van der Waals surface area contributed by atoms with Gasteiger partial charge in [0.05, 0.1) is 7.74 Å². The van der Waals surface area contributed by atoms with E-state index in [1.54, 1.807) is 7.98 Å². The summed E-state index contributed by atoms with van der Waals surface area (Å²) in [5.41, 5.74) is 0. The van der Waals surface area contributed by atoms with E-state index in [9.17, 15) is 0 Å². The third kappa shape index (κ3) is 2.61. The first-order chi connectivity index (χ1) is 3.85. The topological polar surface area (TPSA) is 36.4 Å². The van der Waals surface area contributed by atoms with Crippen LogP contribution in [-0.4, -0.2) is 36.0 Å². The van der Waals surface area contributed by atoms with Crippen molar-refractivity contribution in [2.24, 2.45) is 4.90 Å². The molecule has 0 aliphatic heterocycles. The van der Waals surface area contributed by atoms with Crippen LogP contribution >= 0.6 is 0 Å².